The highest BCUT2D eigenvalue weighted by Crippen LogP contribution is 2.19. The number of halogens is 1. The molecule has 0 aliphatic carbocycles. The predicted molar refractivity (Wildman–Crippen MR) is 83.3 cm³/mol. The van der Waals surface area contributed by atoms with Gasteiger partial charge in [-0.1, -0.05) is 11.6 Å². The summed E-state index contributed by atoms with van der Waals surface area (Å²) in [5.41, 5.74) is 1.81. The molecule has 0 spiro atoms. The molecule has 2 N–H and O–H groups in total. The summed E-state index contributed by atoms with van der Waals surface area (Å²) < 4.78 is 0. The summed E-state index contributed by atoms with van der Waals surface area (Å²) in [5, 5.41) is 6.98. The van der Waals surface area contributed by atoms with Gasteiger partial charge in [0.15, 0.2) is 0 Å². The van der Waals surface area contributed by atoms with Crippen LogP contribution in [0, 0.1) is 6.92 Å². The fourth-order valence-corrected chi connectivity index (χ4v) is 2.79. The quantitative estimate of drug-likeness (QED) is 0.896. The van der Waals surface area contributed by atoms with Crippen LogP contribution in [0.2, 0.25) is 5.02 Å². The third-order valence-electron chi connectivity index (χ3n) is 3.79. The van der Waals surface area contributed by atoms with Gasteiger partial charge in [-0.05, 0) is 63.7 Å². The van der Waals surface area contributed by atoms with Crippen LogP contribution in [-0.2, 0) is 4.79 Å². The molecule has 1 amide bonds. The lowest BCUT2D eigenvalue weighted by Crippen LogP contribution is -2.44. The van der Waals surface area contributed by atoms with Gasteiger partial charge in [0, 0.05) is 16.8 Å². The van der Waals surface area contributed by atoms with E-state index in [-0.39, 0.29) is 5.91 Å². The number of nitrogens with zero attached hydrogens (tertiary/aromatic N) is 1. The van der Waals surface area contributed by atoms with Crippen LogP contribution in [-0.4, -0.2) is 43.5 Å². The Morgan fingerprint density at radius 2 is 2.15 bits per heavy atom. The molecule has 2 rings (SSSR count). The van der Waals surface area contributed by atoms with Gasteiger partial charge in [0.2, 0.25) is 5.91 Å². The largest absolute Gasteiger partial charge is 0.325 e. The molecule has 1 saturated heterocycles. The van der Waals surface area contributed by atoms with Crippen molar-refractivity contribution in [3.05, 3.63) is 28.8 Å². The van der Waals surface area contributed by atoms with Crippen molar-refractivity contribution in [2.45, 2.75) is 25.8 Å². The van der Waals surface area contributed by atoms with Gasteiger partial charge in [0.05, 0.1) is 6.54 Å². The van der Waals surface area contributed by atoms with Crippen molar-refractivity contribution in [1.29, 1.82) is 0 Å². The molecule has 0 unspecified atom stereocenters. The van der Waals surface area contributed by atoms with Crippen LogP contribution in [0.3, 0.4) is 0 Å². The second-order valence-electron chi connectivity index (χ2n) is 5.40. The third-order valence-corrected chi connectivity index (χ3v) is 4.02. The molecule has 0 radical (unpaired) electrons. The maximum Gasteiger partial charge on any atom is 0.238 e. The van der Waals surface area contributed by atoms with Crippen molar-refractivity contribution < 1.29 is 4.79 Å². The summed E-state index contributed by atoms with van der Waals surface area (Å²) in [5.74, 6) is 0.0245. The lowest BCUT2D eigenvalue weighted by molar-refractivity contribution is -0.117. The van der Waals surface area contributed by atoms with Crippen molar-refractivity contribution in [3.8, 4) is 0 Å². The van der Waals surface area contributed by atoms with Crippen molar-refractivity contribution in [2.24, 2.45) is 0 Å². The molecule has 1 aliphatic heterocycles. The molecular weight excluding hydrogens is 274 g/mol. The van der Waals surface area contributed by atoms with Gasteiger partial charge < -0.3 is 10.6 Å². The average Bonchev–Trinajstić information content (AvgIpc) is 2.43. The Balaban J connectivity index is 1.88. The number of amides is 1. The number of hydrogen-bond donors (Lipinski definition) is 2. The molecule has 110 valence electrons. The molecule has 5 heteroatoms. The molecule has 4 nitrogen and oxygen atoms in total. The van der Waals surface area contributed by atoms with E-state index in [0.717, 1.165) is 37.2 Å². The van der Waals surface area contributed by atoms with Gasteiger partial charge in [0.25, 0.3) is 0 Å². The Bertz CT molecular complexity index is 472. The van der Waals surface area contributed by atoms with E-state index in [1.54, 1.807) is 6.07 Å². The molecule has 0 aromatic heterocycles. The third kappa shape index (κ3) is 4.20. The highest BCUT2D eigenvalue weighted by molar-refractivity contribution is 6.30. The zero-order valence-electron chi connectivity index (χ0n) is 12.1. The summed E-state index contributed by atoms with van der Waals surface area (Å²) in [6, 6.07) is 5.99. The van der Waals surface area contributed by atoms with E-state index in [9.17, 15) is 4.79 Å². The summed E-state index contributed by atoms with van der Waals surface area (Å²) >= 11 is 5.91. The van der Waals surface area contributed by atoms with Crippen molar-refractivity contribution in [2.75, 3.05) is 32.0 Å². The second kappa shape index (κ2) is 7.07. The lowest BCUT2D eigenvalue weighted by Gasteiger charge is -2.31. The van der Waals surface area contributed by atoms with E-state index in [1.807, 2.05) is 26.1 Å². The average molecular weight is 296 g/mol. The number of carbonyl (C=O) groups is 1. The van der Waals surface area contributed by atoms with Crippen molar-refractivity contribution >= 4 is 23.2 Å². The van der Waals surface area contributed by atoms with Crippen molar-refractivity contribution in [3.63, 3.8) is 0 Å². The number of anilines is 1. The smallest absolute Gasteiger partial charge is 0.238 e. The standard InChI is InChI=1S/C15H22ClN3O/c1-11-9-12(16)3-4-14(11)18-15(20)10-19(2)13-5-7-17-8-6-13/h3-4,9,13,17H,5-8,10H2,1-2H3,(H,18,20). The SMILES string of the molecule is Cc1cc(Cl)ccc1NC(=O)CN(C)C1CCNCC1. The molecule has 0 atom stereocenters. The number of carbonyl (C=O) groups excluding carboxylic acids is 1. The van der Waals surface area contributed by atoms with Gasteiger partial charge in [0.1, 0.15) is 0 Å². The van der Waals surface area contributed by atoms with E-state index >= 15 is 0 Å². The Labute approximate surface area is 125 Å². The summed E-state index contributed by atoms with van der Waals surface area (Å²) in [7, 11) is 2.02. The highest BCUT2D eigenvalue weighted by Gasteiger charge is 2.19. The Morgan fingerprint density at radius 3 is 2.80 bits per heavy atom. The van der Waals surface area contributed by atoms with Crippen LogP contribution in [0.25, 0.3) is 0 Å². The van der Waals surface area contributed by atoms with Crippen molar-refractivity contribution in [1.82, 2.24) is 10.2 Å². The van der Waals surface area contributed by atoms with Gasteiger partial charge in [-0.15, -0.1) is 0 Å². The first-order chi connectivity index (χ1) is 9.56. The molecule has 0 saturated carbocycles. The van der Waals surface area contributed by atoms with E-state index in [2.05, 4.69) is 15.5 Å². The van der Waals surface area contributed by atoms with E-state index in [4.69, 9.17) is 11.6 Å². The molecule has 1 aromatic carbocycles. The topological polar surface area (TPSA) is 44.4 Å². The molecular formula is C15H22ClN3O. The number of rotatable bonds is 4. The molecule has 1 aromatic rings. The second-order valence-corrected chi connectivity index (χ2v) is 5.84. The van der Waals surface area contributed by atoms with E-state index in [0.29, 0.717) is 17.6 Å². The number of nitrogens with one attached hydrogen (secondary N) is 2. The molecule has 1 fully saturated rings. The van der Waals surface area contributed by atoms with E-state index < -0.39 is 0 Å². The summed E-state index contributed by atoms with van der Waals surface area (Å²) in [4.78, 5) is 14.2. The van der Waals surface area contributed by atoms with Gasteiger partial charge in [-0.3, -0.25) is 9.69 Å². The minimum atomic E-state index is 0.0245. The zero-order valence-corrected chi connectivity index (χ0v) is 12.8. The van der Waals surface area contributed by atoms with Crippen LogP contribution >= 0.6 is 11.6 Å². The Hall–Kier alpha value is -1.10. The van der Waals surface area contributed by atoms with E-state index in [1.165, 1.54) is 0 Å². The molecule has 1 heterocycles. The zero-order chi connectivity index (χ0) is 14.5. The number of piperidine rings is 1. The van der Waals surface area contributed by atoms with Crippen LogP contribution in [0.4, 0.5) is 5.69 Å². The van der Waals surface area contributed by atoms with Gasteiger partial charge >= 0.3 is 0 Å². The Morgan fingerprint density at radius 1 is 1.45 bits per heavy atom. The van der Waals surface area contributed by atoms with Crippen LogP contribution in [0.15, 0.2) is 18.2 Å². The summed E-state index contributed by atoms with van der Waals surface area (Å²) in [6.45, 7) is 4.44. The first-order valence-electron chi connectivity index (χ1n) is 7.03. The van der Waals surface area contributed by atoms with Crippen LogP contribution in [0.5, 0.6) is 0 Å². The first kappa shape index (κ1) is 15.3. The van der Waals surface area contributed by atoms with Crippen LogP contribution < -0.4 is 10.6 Å². The Kier molecular flexibility index (Phi) is 5.40. The number of benzene rings is 1. The first-order valence-corrected chi connectivity index (χ1v) is 7.41. The minimum absolute atomic E-state index is 0.0245. The number of hydrogen-bond acceptors (Lipinski definition) is 3. The minimum Gasteiger partial charge on any atom is -0.325 e. The monoisotopic (exact) mass is 295 g/mol. The summed E-state index contributed by atoms with van der Waals surface area (Å²) in [6.07, 6.45) is 2.20. The number of aryl methyl sites for hydroxylation is 1. The fourth-order valence-electron chi connectivity index (χ4n) is 2.56. The molecule has 1 aliphatic rings. The van der Waals surface area contributed by atoms with Gasteiger partial charge in [-0.25, -0.2) is 0 Å². The lowest BCUT2D eigenvalue weighted by atomic mass is 10.1. The fraction of sp³-hybridized carbons (Fsp3) is 0.533. The normalized spacial score (nSPS) is 16.4. The maximum absolute atomic E-state index is 12.1. The molecule has 0 bridgehead atoms. The maximum atomic E-state index is 12.1. The highest BCUT2D eigenvalue weighted by atomic mass is 35.5. The van der Waals surface area contributed by atoms with Gasteiger partial charge in [-0.2, -0.15) is 0 Å². The van der Waals surface area contributed by atoms with Crippen LogP contribution in [0.1, 0.15) is 18.4 Å². The number of likely N-dealkylation sites (N-methyl/N-ethyl adjacent to an activating group) is 1. The predicted octanol–water partition coefficient (Wildman–Crippen LogP) is 2.27. The molecule has 20 heavy (non-hydrogen) atoms.